The van der Waals surface area contributed by atoms with E-state index in [1.54, 1.807) is 7.11 Å². The van der Waals surface area contributed by atoms with E-state index in [2.05, 4.69) is 0 Å². The Morgan fingerprint density at radius 2 is 2.33 bits per heavy atom. The Balaban J connectivity index is 2.08. The molecular weight excluding hydrogens is 234 g/mol. The molecular formula is C13H17NO4. The number of carbonyl (C=O) groups is 1. The average molecular weight is 251 g/mol. The molecule has 0 amide bonds. The first-order valence-electron chi connectivity index (χ1n) is 5.87. The van der Waals surface area contributed by atoms with Gasteiger partial charge in [0.25, 0.3) is 0 Å². The normalized spacial score (nSPS) is 21.7. The molecule has 0 fully saturated rings. The van der Waals surface area contributed by atoms with Gasteiger partial charge in [-0.15, -0.1) is 0 Å². The van der Waals surface area contributed by atoms with Crippen molar-refractivity contribution in [2.24, 2.45) is 5.73 Å². The minimum Gasteiger partial charge on any atom is -0.497 e. The quantitative estimate of drug-likeness (QED) is 0.819. The first-order valence-corrected chi connectivity index (χ1v) is 5.87. The molecule has 2 unspecified atom stereocenters. The van der Waals surface area contributed by atoms with Crippen molar-refractivity contribution in [3.63, 3.8) is 0 Å². The molecule has 1 aliphatic carbocycles. The lowest BCUT2D eigenvalue weighted by Crippen LogP contribution is -2.27. The van der Waals surface area contributed by atoms with Crippen LogP contribution < -0.4 is 10.5 Å². The van der Waals surface area contributed by atoms with Gasteiger partial charge in [-0.1, -0.05) is 6.07 Å². The third-order valence-corrected chi connectivity index (χ3v) is 3.11. The van der Waals surface area contributed by atoms with Crippen LogP contribution in [0.15, 0.2) is 18.2 Å². The van der Waals surface area contributed by atoms with Crippen molar-refractivity contribution in [1.29, 1.82) is 0 Å². The van der Waals surface area contributed by atoms with Crippen molar-refractivity contribution in [1.82, 2.24) is 0 Å². The lowest BCUT2D eigenvalue weighted by Gasteiger charge is -2.17. The van der Waals surface area contributed by atoms with Crippen LogP contribution in [0.2, 0.25) is 0 Å². The van der Waals surface area contributed by atoms with Crippen LogP contribution in [0.5, 0.6) is 5.75 Å². The van der Waals surface area contributed by atoms with Gasteiger partial charge in [0.2, 0.25) is 0 Å². The third-order valence-electron chi connectivity index (χ3n) is 3.11. The molecule has 0 radical (unpaired) electrons. The van der Waals surface area contributed by atoms with Crippen molar-refractivity contribution >= 4 is 5.97 Å². The summed E-state index contributed by atoms with van der Waals surface area (Å²) in [5.74, 6) is -0.0661. The maximum Gasteiger partial charge on any atom is 0.305 e. The van der Waals surface area contributed by atoms with Crippen LogP contribution in [0, 0.1) is 0 Å². The zero-order chi connectivity index (χ0) is 13.1. The summed E-state index contributed by atoms with van der Waals surface area (Å²) in [6.45, 7) is 0.180. The Hall–Kier alpha value is -1.59. The van der Waals surface area contributed by atoms with Crippen molar-refractivity contribution in [3.8, 4) is 5.75 Å². The third kappa shape index (κ3) is 2.63. The number of ether oxygens (including phenoxy) is 2. The molecule has 2 rings (SSSR count). The van der Waals surface area contributed by atoms with Crippen molar-refractivity contribution in [3.05, 3.63) is 29.3 Å². The van der Waals surface area contributed by atoms with Gasteiger partial charge in [0.1, 0.15) is 5.75 Å². The second kappa shape index (κ2) is 5.37. The lowest BCUT2D eigenvalue weighted by atomic mass is 10.1. The van der Waals surface area contributed by atoms with Gasteiger partial charge in [-0.2, -0.15) is 0 Å². The summed E-state index contributed by atoms with van der Waals surface area (Å²) in [4.78, 5) is 10.5. The number of hydrogen-bond donors (Lipinski definition) is 2. The number of aliphatic carboxylic acids is 1. The van der Waals surface area contributed by atoms with Crippen LogP contribution in [-0.2, 0) is 16.0 Å². The molecule has 0 saturated carbocycles. The lowest BCUT2D eigenvalue weighted by molar-refractivity contribution is -0.138. The van der Waals surface area contributed by atoms with Gasteiger partial charge in [0, 0.05) is 6.04 Å². The standard InChI is InChI=1S/C13H17NO4/c1-17-9-2-3-10-8(6-9)7-11(14)13(10)18-5-4-12(15)16/h2-3,6,11,13H,4-5,7,14H2,1H3,(H,15,16). The number of benzene rings is 1. The molecule has 2 atom stereocenters. The molecule has 1 aromatic rings. The molecule has 0 bridgehead atoms. The minimum atomic E-state index is -0.864. The largest absolute Gasteiger partial charge is 0.497 e. The number of carboxylic acid groups (broad SMARTS) is 1. The van der Waals surface area contributed by atoms with Gasteiger partial charge in [-0.05, 0) is 29.7 Å². The predicted molar refractivity (Wildman–Crippen MR) is 65.6 cm³/mol. The zero-order valence-electron chi connectivity index (χ0n) is 10.3. The van der Waals surface area contributed by atoms with Crippen LogP contribution in [-0.4, -0.2) is 30.8 Å². The molecule has 0 aromatic heterocycles. The summed E-state index contributed by atoms with van der Waals surface area (Å²) in [5.41, 5.74) is 8.17. The molecule has 98 valence electrons. The van der Waals surface area contributed by atoms with Crippen molar-refractivity contribution in [2.75, 3.05) is 13.7 Å². The Labute approximate surface area is 106 Å². The topological polar surface area (TPSA) is 81.8 Å². The zero-order valence-corrected chi connectivity index (χ0v) is 10.3. The van der Waals surface area contributed by atoms with Gasteiger partial charge in [-0.25, -0.2) is 0 Å². The van der Waals surface area contributed by atoms with E-state index < -0.39 is 5.97 Å². The summed E-state index contributed by atoms with van der Waals surface area (Å²) in [5, 5.41) is 8.59. The Bertz CT molecular complexity index is 447. The van der Waals surface area contributed by atoms with E-state index in [0.29, 0.717) is 0 Å². The molecule has 0 heterocycles. The fraction of sp³-hybridized carbons (Fsp3) is 0.462. The van der Waals surface area contributed by atoms with Crippen molar-refractivity contribution in [2.45, 2.75) is 25.0 Å². The van der Waals surface area contributed by atoms with E-state index in [1.165, 1.54) is 0 Å². The SMILES string of the molecule is COc1ccc2c(c1)CC(N)C2OCCC(=O)O. The molecule has 0 aliphatic heterocycles. The number of hydrogen-bond acceptors (Lipinski definition) is 4. The van der Waals surface area contributed by atoms with Gasteiger partial charge >= 0.3 is 5.97 Å². The van der Waals surface area contributed by atoms with Crippen LogP contribution in [0.4, 0.5) is 0 Å². The van der Waals surface area contributed by atoms with E-state index in [1.807, 2.05) is 18.2 Å². The maximum absolute atomic E-state index is 10.5. The summed E-state index contributed by atoms with van der Waals surface area (Å²) >= 11 is 0. The van der Waals surface area contributed by atoms with Gasteiger partial charge in [0.15, 0.2) is 0 Å². The van der Waals surface area contributed by atoms with E-state index in [9.17, 15) is 4.79 Å². The Morgan fingerprint density at radius 3 is 3.00 bits per heavy atom. The predicted octanol–water partition coefficient (Wildman–Crippen LogP) is 1.11. The molecule has 1 aliphatic rings. The summed E-state index contributed by atoms with van der Waals surface area (Å²) in [6.07, 6.45) is 0.504. The van der Waals surface area contributed by atoms with Gasteiger partial charge in [0.05, 0.1) is 26.2 Å². The Kier molecular flexibility index (Phi) is 3.84. The highest BCUT2D eigenvalue weighted by Crippen LogP contribution is 2.35. The Morgan fingerprint density at radius 1 is 1.56 bits per heavy atom. The van der Waals surface area contributed by atoms with E-state index in [4.69, 9.17) is 20.3 Å². The molecule has 0 spiro atoms. The van der Waals surface area contributed by atoms with E-state index in [-0.39, 0.29) is 25.2 Å². The summed E-state index contributed by atoms with van der Waals surface area (Å²) in [6, 6.07) is 5.63. The van der Waals surface area contributed by atoms with Crippen LogP contribution >= 0.6 is 0 Å². The smallest absolute Gasteiger partial charge is 0.305 e. The first kappa shape index (κ1) is 12.9. The maximum atomic E-state index is 10.5. The van der Waals surface area contributed by atoms with Crippen LogP contribution in [0.3, 0.4) is 0 Å². The molecule has 0 saturated heterocycles. The molecule has 5 nitrogen and oxygen atoms in total. The number of methoxy groups -OCH3 is 1. The summed E-state index contributed by atoms with van der Waals surface area (Å²) < 4.78 is 10.7. The average Bonchev–Trinajstić information content (AvgIpc) is 2.64. The molecule has 18 heavy (non-hydrogen) atoms. The number of carboxylic acids is 1. The monoisotopic (exact) mass is 251 g/mol. The number of fused-ring (bicyclic) bond motifs is 1. The number of nitrogens with two attached hydrogens (primary N) is 1. The highest BCUT2D eigenvalue weighted by atomic mass is 16.5. The molecule has 5 heteroatoms. The summed E-state index contributed by atoms with van der Waals surface area (Å²) in [7, 11) is 1.62. The highest BCUT2D eigenvalue weighted by molar-refractivity contribution is 5.66. The molecule has 3 N–H and O–H groups in total. The fourth-order valence-corrected chi connectivity index (χ4v) is 2.24. The minimum absolute atomic E-state index is 0.00525. The highest BCUT2D eigenvalue weighted by Gasteiger charge is 2.30. The first-order chi connectivity index (χ1) is 8.61. The van der Waals surface area contributed by atoms with Gasteiger partial charge in [-0.3, -0.25) is 4.79 Å². The fourth-order valence-electron chi connectivity index (χ4n) is 2.24. The molecule has 1 aromatic carbocycles. The van der Waals surface area contributed by atoms with Gasteiger partial charge < -0.3 is 20.3 Å². The van der Waals surface area contributed by atoms with Crippen molar-refractivity contribution < 1.29 is 19.4 Å². The van der Waals surface area contributed by atoms with E-state index in [0.717, 1.165) is 23.3 Å². The second-order valence-corrected chi connectivity index (χ2v) is 4.37. The van der Waals surface area contributed by atoms with Crippen LogP contribution in [0.1, 0.15) is 23.7 Å². The van der Waals surface area contributed by atoms with Crippen LogP contribution in [0.25, 0.3) is 0 Å². The van der Waals surface area contributed by atoms with E-state index >= 15 is 0 Å². The number of rotatable bonds is 5. The second-order valence-electron chi connectivity index (χ2n) is 4.37.